The first kappa shape index (κ1) is 14.6. The van der Waals surface area contributed by atoms with Gasteiger partial charge >= 0.3 is 0 Å². The molecule has 20 heavy (non-hydrogen) atoms. The number of hydrogen-bond acceptors (Lipinski definition) is 5. The van der Waals surface area contributed by atoms with Crippen molar-refractivity contribution in [2.75, 3.05) is 0 Å². The SMILES string of the molecule is CC(C)(O)c1ccc(C(O)c2cccc([N+](=O)[O-])c2)s1. The molecule has 1 aromatic heterocycles. The summed E-state index contributed by atoms with van der Waals surface area (Å²) >= 11 is 1.29. The summed E-state index contributed by atoms with van der Waals surface area (Å²) in [5, 5.41) is 30.9. The molecule has 5 nitrogen and oxygen atoms in total. The molecule has 0 aliphatic rings. The fraction of sp³-hybridized carbons (Fsp3) is 0.286. The Morgan fingerprint density at radius 3 is 2.55 bits per heavy atom. The minimum atomic E-state index is -0.967. The van der Waals surface area contributed by atoms with Crippen LogP contribution in [-0.4, -0.2) is 15.1 Å². The number of benzene rings is 1. The topological polar surface area (TPSA) is 83.6 Å². The molecule has 106 valence electrons. The normalized spacial score (nSPS) is 13.2. The standard InChI is InChI=1S/C14H15NO4S/c1-14(2,17)12-7-6-11(20-12)13(16)9-4-3-5-10(8-9)15(18)19/h3-8,13,16-17H,1-2H3. The van der Waals surface area contributed by atoms with Crippen LogP contribution in [0, 0.1) is 10.1 Å². The van der Waals surface area contributed by atoms with E-state index in [0.717, 1.165) is 4.88 Å². The van der Waals surface area contributed by atoms with Gasteiger partial charge in [0.15, 0.2) is 0 Å². The molecule has 1 unspecified atom stereocenters. The molecule has 2 rings (SSSR count). The van der Waals surface area contributed by atoms with Crippen LogP contribution < -0.4 is 0 Å². The van der Waals surface area contributed by atoms with E-state index in [-0.39, 0.29) is 5.69 Å². The number of non-ortho nitro benzene ring substituents is 1. The van der Waals surface area contributed by atoms with E-state index in [1.807, 2.05) is 0 Å². The van der Waals surface area contributed by atoms with E-state index < -0.39 is 16.6 Å². The Labute approximate surface area is 120 Å². The first-order valence-corrected chi connectivity index (χ1v) is 6.85. The van der Waals surface area contributed by atoms with E-state index >= 15 is 0 Å². The van der Waals surface area contributed by atoms with Gasteiger partial charge in [0.1, 0.15) is 6.10 Å². The van der Waals surface area contributed by atoms with Crippen molar-refractivity contribution in [2.45, 2.75) is 25.6 Å². The molecule has 2 N–H and O–H groups in total. The molecule has 0 fully saturated rings. The average Bonchev–Trinajstić information content (AvgIpc) is 2.87. The van der Waals surface area contributed by atoms with Crippen LogP contribution in [0.3, 0.4) is 0 Å². The Morgan fingerprint density at radius 2 is 2.00 bits per heavy atom. The van der Waals surface area contributed by atoms with Gasteiger partial charge in [0.25, 0.3) is 5.69 Å². The van der Waals surface area contributed by atoms with Crippen molar-refractivity contribution in [1.29, 1.82) is 0 Å². The third-order valence-electron chi connectivity index (χ3n) is 2.90. The van der Waals surface area contributed by atoms with Crippen molar-refractivity contribution in [2.24, 2.45) is 0 Å². The highest BCUT2D eigenvalue weighted by Gasteiger charge is 2.22. The van der Waals surface area contributed by atoms with E-state index in [4.69, 9.17) is 0 Å². The van der Waals surface area contributed by atoms with Gasteiger partial charge < -0.3 is 10.2 Å². The summed E-state index contributed by atoms with van der Waals surface area (Å²) in [5.74, 6) is 0. The second-order valence-corrected chi connectivity index (χ2v) is 6.13. The lowest BCUT2D eigenvalue weighted by Crippen LogP contribution is -2.12. The number of rotatable bonds is 4. The van der Waals surface area contributed by atoms with Crippen molar-refractivity contribution in [3.8, 4) is 0 Å². The van der Waals surface area contributed by atoms with E-state index in [1.165, 1.54) is 23.5 Å². The number of aliphatic hydroxyl groups is 2. The fourth-order valence-corrected chi connectivity index (χ4v) is 2.82. The quantitative estimate of drug-likeness (QED) is 0.670. The van der Waals surface area contributed by atoms with Gasteiger partial charge in [-0.3, -0.25) is 10.1 Å². The zero-order valence-electron chi connectivity index (χ0n) is 11.1. The van der Waals surface area contributed by atoms with Crippen molar-refractivity contribution in [3.63, 3.8) is 0 Å². The number of nitro benzene ring substituents is 1. The lowest BCUT2D eigenvalue weighted by atomic mass is 10.1. The molecular formula is C14H15NO4S. The molecule has 0 saturated carbocycles. The summed E-state index contributed by atoms with van der Waals surface area (Å²) in [6, 6.07) is 9.39. The predicted octanol–water partition coefficient (Wildman–Crippen LogP) is 2.97. The van der Waals surface area contributed by atoms with E-state index in [0.29, 0.717) is 10.4 Å². The third-order valence-corrected chi connectivity index (χ3v) is 4.35. The molecule has 0 aliphatic heterocycles. The van der Waals surface area contributed by atoms with Gasteiger partial charge in [0, 0.05) is 21.9 Å². The maximum absolute atomic E-state index is 10.7. The Kier molecular flexibility index (Phi) is 3.89. The number of hydrogen-bond donors (Lipinski definition) is 2. The highest BCUT2D eigenvalue weighted by molar-refractivity contribution is 7.12. The van der Waals surface area contributed by atoms with Crippen LogP contribution in [0.15, 0.2) is 36.4 Å². The molecule has 2 aromatic rings. The predicted molar refractivity (Wildman–Crippen MR) is 76.7 cm³/mol. The van der Waals surface area contributed by atoms with Gasteiger partial charge in [0.2, 0.25) is 0 Å². The van der Waals surface area contributed by atoms with Crippen LogP contribution in [0.25, 0.3) is 0 Å². The van der Waals surface area contributed by atoms with Gasteiger partial charge in [-0.2, -0.15) is 0 Å². The van der Waals surface area contributed by atoms with E-state index in [1.54, 1.807) is 38.1 Å². The first-order valence-electron chi connectivity index (χ1n) is 6.04. The van der Waals surface area contributed by atoms with E-state index in [9.17, 15) is 20.3 Å². The Balaban J connectivity index is 2.31. The summed E-state index contributed by atoms with van der Waals surface area (Å²) in [7, 11) is 0. The summed E-state index contributed by atoms with van der Waals surface area (Å²) in [4.78, 5) is 11.6. The highest BCUT2D eigenvalue weighted by atomic mass is 32.1. The van der Waals surface area contributed by atoms with Crippen LogP contribution in [0.5, 0.6) is 0 Å². The van der Waals surface area contributed by atoms with Crippen LogP contribution >= 0.6 is 11.3 Å². The summed E-state index contributed by atoms with van der Waals surface area (Å²) in [6.07, 6.45) is -0.934. The smallest absolute Gasteiger partial charge is 0.269 e. The van der Waals surface area contributed by atoms with Gasteiger partial charge in [-0.05, 0) is 31.5 Å². The number of aliphatic hydroxyl groups excluding tert-OH is 1. The molecule has 1 atom stereocenters. The molecule has 1 aromatic carbocycles. The molecule has 0 bridgehead atoms. The zero-order chi connectivity index (χ0) is 14.9. The molecular weight excluding hydrogens is 278 g/mol. The molecule has 1 heterocycles. The lowest BCUT2D eigenvalue weighted by molar-refractivity contribution is -0.385. The van der Waals surface area contributed by atoms with Crippen LogP contribution in [0.4, 0.5) is 5.69 Å². The second-order valence-electron chi connectivity index (χ2n) is 5.02. The van der Waals surface area contributed by atoms with Crippen LogP contribution in [0.1, 0.15) is 35.3 Å². The van der Waals surface area contributed by atoms with Crippen molar-refractivity contribution < 1.29 is 15.1 Å². The average molecular weight is 293 g/mol. The van der Waals surface area contributed by atoms with Crippen molar-refractivity contribution in [1.82, 2.24) is 0 Å². The molecule has 0 saturated heterocycles. The number of thiophene rings is 1. The van der Waals surface area contributed by atoms with Gasteiger partial charge in [-0.25, -0.2) is 0 Å². The van der Waals surface area contributed by atoms with Gasteiger partial charge in [-0.1, -0.05) is 12.1 Å². The fourth-order valence-electron chi connectivity index (χ4n) is 1.80. The third kappa shape index (κ3) is 3.04. The second kappa shape index (κ2) is 5.32. The zero-order valence-corrected chi connectivity index (χ0v) is 11.9. The summed E-state index contributed by atoms with van der Waals surface area (Å²) < 4.78 is 0. The largest absolute Gasteiger partial charge is 0.385 e. The monoisotopic (exact) mass is 293 g/mol. The molecule has 0 amide bonds. The Hall–Kier alpha value is -1.76. The molecule has 0 spiro atoms. The first-order chi connectivity index (χ1) is 9.29. The van der Waals surface area contributed by atoms with Crippen molar-refractivity contribution in [3.05, 3.63) is 61.8 Å². The molecule has 6 heteroatoms. The number of nitro groups is 1. The lowest BCUT2D eigenvalue weighted by Gasteiger charge is -2.14. The van der Waals surface area contributed by atoms with Gasteiger partial charge in [0.05, 0.1) is 10.5 Å². The minimum absolute atomic E-state index is 0.0548. The van der Waals surface area contributed by atoms with Crippen LogP contribution in [0.2, 0.25) is 0 Å². The van der Waals surface area contributed by atoms with Gasteiger partial charge in [-0.15, -0.1) is 11.3 Å². The summed E-state index contributed by atoms with van der Waals surface area (Å²) in [6.45, 7) is 3.34. The highest BCUT2D eigenvalue weighted by Crippen LogP contribution is 2.34. The minimum Gasteiger partial charge on any atom is -0.385 e. The summed E-state index contributed by atoms with van der Waals surface area (Å²) in [5.41, 5.74) is -0.560. The van der Waals surface area contributed by atoms with Crippen molar-refractivity contribution >= 4 is 17.0 Å². The van der Waals surface area contributed by atoms with E-state index in [2.05, 4.69) is 0 Å². The molecule has 0 radical (unpaired) electrons. The Morgan fingerprint density at radius 1 is 1.30 bits per heavy atom. The maximum atomic E-state index is 10.7. The molecule has 0 aliphatic carbocycles. The number of nitrogens with zero attached hydrogens (tertiary/aromatic N) is 1. The van der Waals surface area contributed by atoms with Crippen LogP contribution in [-0.2, 0) is 5.60 Å². The Bertz CT molecular complexity index is 630. The maximum Gasteiger partial charge on any atom is 0.269 e.